The number of methoxy groups -OCH3 is 1. The molecule has 2 bridgehead atoms. The predicted molar refractivity (Wildman–Crippen MR) is 124 cm³/mol. The maximum Gasteiger partial charge on any atom is 0.335 e. The first-order valence-electron chi connectivity index (χ1n) is 11.1. The van der Waals surface area contributed by atoms with Crippen molar-refractivity contribution in [2.75, 3.05) is 7.11 Å². The normalized spacial score (nSPS) is 28.7. The number of hydrogen-bond acceptors (Lipinski definition) is 7. The first-order chi connectivity index (χ1) is 16.4. The maximum atomic E-state index is 13.4. The summed E-state index contributed by atoms with van der Waals surface area (Å²) in [5, 5.41) is 10.8. The molecular weight excluding hydrogens is 440 g/mol. The van der Waals surface area contributed by atoms with Crippen LogP contribution in [0.15, 0.2) is 71.4 Å². The summed E-state index contributed by atoms with van der Waals surface area (Å²) in [6.07, 6.45) is 0.945. The Labute approximate surface area is 197 Å². The molecule has 1 aromatic carbocycles. The first kappa shape index (κ1) is 24.3. The van der Waals surface area contributed by atoms with Gasteiger partial charge in [0.15, 0.2) is 11.8 Å². The summed E-state index contributed by atoms with van der Waals surface area (Å²) in [5.41, 5.74) is -1.08. The average molecular weight is 471 g/mol. The van der Waals surface area contributed by atoms with E-state index in [1.165, 1.54) is 23.9 Å². The number of nitrogens with zero attached hydrogens (tertiary/aromatic N) is 2. The topological polar surface area (TPSA) is 101 Å². The maximum absolute atomic E-state index is 13.4. The van der Waals surface area contributed by atoms with Crippen LogP contribution in [0.25, 0.3) is 0 Å². The highest BCUT2D eigenvalue weighted by Crippen LogP contribution is 2.52. The van der Waals surface area contributed by atoms with Crippen LogP contribution in [0.3, 0.4) is 0 Å². The first-order valence-corrected chi connectivity index (χ1v) is 11.1. The summed E-state index contributed by atoms with van der Waals surface area (Å²) in [5.74, 6) is 0. The lowest BCUT2D eigenvalue weighted by molar-refractivity contribution is -0.236. The molecule has 1 N–H and O–H groups in total. The van der Waals surface area contributed by atoms with Crippen LogP contribution in [-0.4, -0.2) is 51.4 Å². The van der Waals surface area contributed by atoms with Crippen molar-refractivity contribution in [3.05, 3.63) is 93.8 Å². The lowest BCUT2D eigenvalue weighted by Crippen LogP contribution is -2.56. The molecule has 3 heterocycles. The van der Waals surface area contributed by atoms with Gasteiger partial charge in [-0.15, -0.1) is 13.2 Å². The zero-order valence-corrected chi connectivity index (χ0v) is 19.3. The molecule has 0 spiro atoms. The van der Waals surface area contributed by atoms with Gasteiger partial charge in [-0.1, -0.05) is 42.5 Å². The van der Waals surface area contributed by atoms with Crippen molar-refractivity contribution in [3.63, 3.8) is 0 Å². The third kappa shape index (κ3) is 3.89. The second-order valence-electron chi connectivity index (χ2n) is 8.51. The highest BCUT2D eigenvalue weighted by atomic mass is 16.7. The number of aliphatic hydroxyl groups excluding tert-OH is 1. The van der Waals surface area contributed by atoms with Crippen molar-refractivity contribution in [2.45, 2.75) is 62.9 Å². The lowest BCUT2D eigenvalue weighted by atomic mass is 9.85. The SMILES string of the molecule is C=CC[C@H]1O[C@H]2[C@H](n3cc(C)c(=O)n(COCc4ccccc4)c3=O)OC1([C@@H](O)C=C)[C@H]2OC. The molecule has 0 amide bonds. The fraction of sp³-hybridized carbons (Fsp3) is 0.440. The van der Waals surface area contributed by atoms with Gasteiger partial charge in [-0.2, -0.15) is 0 Å². The van der Waals surface area contributed by atoms with Crippen molar-refractivity contribution >= 4 is 0 Å². The third-order valence-electron chi connectivity index (χ3n) is 6.47. The second kappa shape index (κ2) is 9.81. The van der Waals surface area contributed by atoms with E-state index >= 15 is 0 Å². The molecule has 1 unspecified atom stereocenters. The molecule has 0 aliphatic carbocycles. The van der Waals surface area contributed by atoms with E-state index < -0.39 is 47.5 Å². The number of aliphatic hydroxyl groups is 1. The van der Waals surface area contributed by atoms with Crippen LogP contribution in [0.5, 0.6) is 0 Å². The molecule has 0 radical (unpaired) electrons. The van der Waals surface area contributed by atoms with Gasteiger partial charge in [0.1, 0.15) is 25.0 Å². The number of benzene rings is 1. The van der Waals surface area contributed by atoms with Crippen LogP contribution in [-0.2, 0) is 32.3 Å². The number of hydrogen-bond donors (Lipinski definition) is 1. The van der Waals surface area contributed by atoms with Gasteiger partial charge in [0.25, 0.3) is 5.56 Å². The molecule has 4 rings (SSSR count). The monoisotopic (exact) mass is 470 g/mol. The Kier molecular flexibility index (Phi) is 7.01. The summed E-state index contributed by atoms with van der Waals surface area (Å²) >= 11 is 0. The van der Waals surface area contributed by atoms with Gasteiger partial charge in [0, 0.05) is 18.9 Å². The minimum Gasteiger partial charge on any atom is -0.386 e. The Morgan fingerprint density at radius 1 is 1.26 bits per heavy atom. The summed E-state index contributed by atoms with van der Waals surface area (Å²) in [7, 11) is 1.50. The number of aromatic nitrogens is 2. The van der Waals surface area contributed by atoms with E-state index in [1.807, 2.05) is 30.3 Å². The molecule has 9 nitrogen and oxygen atoms in total. The minimum atomic E-state index is -1.28. The molecule has 2 aliphatic heterocycles. The Hall–Kier alpha value is -2.82. The number of fused-ring (bicyclic) bond motifs is 2. The summed E-state index contributed by atoms with van der Waals surface area (Å²) in [6.45, 7) is 9.09. The number of aryl methyl sites for hydroxylation is 1. The highest BCUT2D eigenvalue weighted by Gasteiger charge is 2.69. The molecule has 182 valence electrons. The van der Waals surface area contributed by atoms with E-state index in [1.54, 1.807) is 13.0 Å². The zero-order chi connectivity index (χ0) is 24.5. The molecule has 6 atom stereocenters. The molecular formula is C25H30N2O7. The van der Waals surface area contributed by atoms with Crippen LogP contribution >= 0.6 is 0 Å². The van der Waals surface area contributed by atoms with Crippen molar-refractivity contribution in [3.8, 4) is 0 Å². The molecule has 1 aromatic heterocycles. The molecule has 9 heteroatoms. The van der Waals surface area contributed by atoms with E-state index in [0.29, 0.717) is 12.0 Å². The molecule has 2 saturated heterocycles. The zero-order valence-electron chi connectivity index (χ0n) is 19.3. The van der Waals surface area contributed by atoms with Crippen molar-refractivity contribution in [1.82, 2.24) is 9.13 Å². The van der Waals surface area contributed by atoms with Crippen LogP contribution < -0.4 is 11.2 Å². The van der Waals surface area contributed by atoms with Gasteiger partial charge >= 0.3 is 5.69 Å². The largest absolute Gasteiger partial charge is 0.386 e. The van der Waals surface area contributed by atoms with Crippen molar-refractivity contribution in [2.24, 2.45) is 0 Å². The Bertz CT molecular complexity index is 1160. The Morgan fingerprint density at radius 3 is 2.65 bits per heavy atom. The fourth-order valence-corrected chi connectivity index (χ4v) is 4.86. The lowest BCUT2D eigenvalue weighted by Gasteiger charge is -2.40. The van der Waals surface area contributed by atoms with E-state index in [9.17, 15) is 14.7 Å². The van der Waals surface area contributed by atoms with E-state index in [2.05, 4.69) is 13.2 Å². The van der Waals surface area contributed by atoms with Gasteiger partial charge in [-0.05, 0) is 18.9 Å². The molecule has 2 aliphatic rings. The third-order valence-corrected chi connectivity index (χ3v) is 6.47. The molecule has 34 heavy (non-hydrogen) atoms. The minimum absolute atomic E-state index is 0.223. The Morgan fingerprint density at radius 2 is 2.00 bits per heavy atom. The van der Waals surface area contributed by atoms with Crippen molar-refractivity contribution < 1.29 is 24.1 Å². The number of ether oxygens (including phenoxy) is 4. The summed E-state index contributed by atoms with van der Waals surface area (Å²) in [6, 6.07) is 9.46. The molecule has 2 fully saturated rings. The highest BCUT2D eigenvalue weighted by molar-refractivity contribution is 5.20. The summed E-state index contributed by atoms with van der Waals surface area (Å²) < 4.78 is 26.2. The van der Waals surface area contributed by atoms with Gasteiger partial charge in [-0.25, -0.2) is 9.36 Å². The fourth-order valence-electron chi connectivity index (χ4n) is 4.86. The van der Waals surface area contributed by atoms with Crippen LogP contribution in [0, 0.1) is 6.92 Å². The van der Waals surface area contributed by atoms with E-state index in [4.69, 9.17) is 18.9 Å². The Balaban J connectivity index is 1.67. The van der Waals surface area contributed by atoms with Crippen LogP contribution in [0.1, 0.15) is 23.8 Å². The predicted octanol–water partition coefficient (Wildman–Crippen LogP) is 1.67. The van der Waals surface area contributed by atoms with Crippen molar-refractivity contribution in [1.29, 1.82) is 0 Å². The average Bonchev–Trinajstić information content (AvgIpc) is 3.34. The number of rotatable bonds is 10. The van der Waals surface area contributed by atoms with Crippen LogP contribution in [0.2, 0.25) is 0 Å². The standard InChI is InChI=1S/C25H30N2O7/c1-5-10-19-25(18(28)6-2)21(31-4)20(33-19)23(34-25)26-13-16(3)22(29)27(24(26)30)15-32-14-17-11-8-7-9-12-17/h5-9,11-13,18-21,23,28H,1-2,10,14-15H2,3-4H3/t18-,19+,20+,21-,23+,25?/m0/s1. The van der Waals surface area contributed by atoms with Gasteiger partial charge in [0.05, 0.1) is 12.7 Å². The van der Waals surface area contributed by atoms with Gasteiger partial charge < -0.3 is 24.1 Å². The van der Waals surface area contributed by atoms with Crippen LogP contribution in [0.4, 0.5) is 0 Å². The van der Waals surface area contributed by atoms with Gasteiger partial charge in [-0.3, -0.25) is 9.36 Å². The van der Waals surface area contributed by atoms with Gasteiger partial charge in [0.2, 0.25) is 0 Å². The summed E-state index contributed by atoms with van der Waals surface area (Å²) in [4.78, 5) is 26.1. The molecule has 0 saturated carbocycles. The quantitative estimate of drug-likeness (QED) is 0.527. The second-order valence-corrected chi connectivity index (χ2v) is 8.51. The van der Waals surface area contributed by atoms with E-state index in [-0.39, 0.29) is 13.3 Å². The molecule has 2 aromatic rings. The van der Waals surface area contributed by atoms with E-state index in [0.717, 1.165) is 10.1 Å². The smallest absolute Gasteiger partial charge is 0.335 e.